The van der Waals surface area contributed by atoms with Gasteiger partial charge in [0, 0.05) is 44.3 Å². The van der Waals surface area contributed by atoms with Crippen molar-refractivity contribution < 1.29 is 51.3 Å². The summed E-state index contributed by atoms with van der Waals surface area (Å²) in [7, 11) is 0. The molecule has 0 aliphatic carbocycles. The van der Waals surface area contributed by atoms with E-state index in [0.29, 0.717) is 12.1 Å². The molecule has 2 aromatic heterocycles. The Balaban J connectivity index is 1.86. The number of benzene rings is 1. The van der Waals surface area contributed by atoms with Crippen molar-refractivity contribution >= 4 is 35.3 Å². The summed E-state index contributed by atoms with van der Waals surface area (Å²) in [6.45, 7) is 2.74. The summed E-state index contributed by atoms with van der Waals surface area (Å²) in [6, 6.07) is 1.30. The van der Waals surface area contributed by atoms with Crippen molar-refractivity contribution in [2.45, 2.75) is 51.2 Å². The smallest absolute Gasteiger partial charge is 0.303 e. The second-order valence-corrected chi connectivity index (χ2v) is 9.57. The number of pyridine rings is 1. The van der Waals surface area contributed by atoms with E-state index in [-0.39, 0.29) is 21.8 Å². The quantitative estimate of drug-likeness (QED) is 0.160. The molecular formula is C26H22ClF3N4O8. The molecule has 0 radical (unpaired) electrons. The van der Waals surface area contributed by atoms with Gasteiger partial charge in [-0.25, -0.2) is 17.9 Å². The van der Waals surface area contributed by atoms with E-state index in [1.807, 2.05) is 0 Å². The zero-order valence-electron chi connectivity index (χ0n) is 22.1. The summed E-state index contributed by atoms with van der Waals surface area (Å²) < 4.78 is 64.5. The van der Waals surface area contributed by atoms with E-state index in [1.54, 1.807) is 0 Å². The van der Waals surface area contributed by atoms with E-state index in [0.717, 1.165) is 31.6 Å². The lowest BCUT2D eigenvalue weighted by atomic mass is 9.88. The number of ketones is 1. The molecule has 0 N–H and O–H groups in total. The summed E-state index contributed by atoms with van der Waals surface area (Å²) in [5.74, 6) is -7.81. The van der Waals surface area contributed by atoms with Crippen molar-refractivity contribution in [3.63, 3.8) is 0 Å². The lowest BCUT2D eigenvalue weighted by molar-refractivity contribution is -0.218. The molecule has 1 aliphatic rings. The van der Waals surface area contributed by atoms with Gasteiger partial charge in [0.25, 0.3) is 0 Å². The number of Topliss-reactive ketones (excluding diaryl/α,β-unsaturated/α-hetero) is 1. The maximum Gasteiger partial charge on any atom is 0.303 e. The van der Waals surface area contributed by atoms with Crippen LogP contribution in [0, 0.1) is 17.5 Å². The summed E-state index contributed by atoms with van der Waals surface area (Å²) >= 11 is 6.00. The maximum atomic E-state index is 13.9. The number of aromatic nitrogens is 4. The van der Waals surface area contributed by atoms with Crippen molar-refractivity contribution in [1.29, 1.82) is 0 Å². The molecule has 0 saturated carbocycles. The molecule has 2 unspecified atom stereocenters. The highest BCUT2D eigenvalue weighted by molar-refractivity contribution is 6.30. The fourth-order valence-corrected chi connectivity index (χ4v) is 4.58. The minimum Gasteiger partial charge on any atom is -0.463 e. The Bertz CT molecular complexity index is 1510. The van der Waals surface area contributed by atoms with Gasteiger partial charge in [0.05, 0.1) is 11.2 Å². The van der Waals surface area contributed by atoms with E-state index in [1.165, 1.54) is 18.5 Å². The average molecular weight is 611 g/mol. The molecular weight excluding hydrogens is 589 g/mol. The molecule has 16 heteroatoms. The highest BCUT2D eigenvalue weighted by atomic mass is 35.5. The standard InChI is InChI=1S/C26H22ClF3N4O8/c1-11(35)39-10-20-24(40-12(2)36)22(34-9-19(32-33-34)14-5-17(28)21(30)18(29)6-14)25(41-13(3)37)26(42-20)23(38)15-4-16(27)8-31-7-15/h4-9,20,22,24-26H,10H2,1-3H3/t20?,22?,24-,25-,26+/m0/s1. The van der Waals surface area contributed by atoms with E-state index < -0.39 is 78.2 Å². The summed E-state index contributed by atoms with van der Waals surface area (Å²) in [5.41, 5.74) is -0.384. The van der Waals surface area contributed by atoms with Crippen LogP contribution in [-0.4, -0.2) is 74.7 Å². The van der Waals surface area contributed by atoms with E-state index >= 15 is 0 Å². The Morgan fingerprint density at radius 2 is 1.60 bits per heavy atom. The first-order chi connectivity index (χ1) is 19.8. The summed E-state index contributed by atoms with van der Waals surface area (Å²) in [4.78, 5) is 53.6. The van der Waals surface area contributed by atoms with E-state index in [9.17, 15) is 32.3 Å². The monoisotopic (exact) mass is 610 g/mol. The molecule has 1 aromatic carbocycles. The van der Waals surface area contributed by atoms with Crippen molar-refractivity contribution in [3.8, 4) is 11.3 Å². The Kier molecular flexibility index (Phi) is 9.21. The maximum absolute atomic E-state index is 13.9. The zero-order valence-corrected chi connectivity index (χ0v) is 22.9. The van der Waals surface area contributed by atoms with Gasteiger partial charge in [-0.15, -0.1) is 5.10 Å². The molecule has 0 spiro atoms. The largest absolute Gasteiger partial charge is 0.463 e. The van der Waals surface area contributed by atoms with Gasteiger partial charge in [0.2, 0.25) is 0 Å². The Labute approximate surface area is 240 Å². The highest BCUT2D eigenvalue weighted by Gasteiger charge is 2.54. The molecule has 3 heterocycles. The molecule has 1 saturated heterocycles. The Hall–Kier alpha value is -4.37. The van der Waals surface area contributed by atoms with Crippen molar-refractivity contribution in [3.05, 3.63) is 64.8 Å². The molecule has 4 rings (SSSR count). The first-order valence-electron chi connectivity index (χ1n) is 12.2. The highest BCUT2D eigenvalue weighted by Crippen LogP contribution is 2.37. The number of carbonyl (C=O) groups excluding carboxylic acids is 4. The predicted octanol–water partition coefficient (Wildman–Crippen LogP) is 3.03. The van der Waals surface area contributed by atoms with Gasteiger partial charge in [0.1, 0.15) is 24.4 Å². The van der Waals surface area contributed by atoms with Gasteiger partial charge < -0.3 is 18.9 Å². The van der Waals surface area contributed by atoms with Crippen LogP contribution in [0.15, 0.2) is 36.8 Å². The number of esters is 3. The molecule has 1 aliphatic heterocycles. The third-order valence-electron chi connectivity index (χ3n) is 6.06. The second kappa shape index (κ2) is 12.7. The van der Waals surface area contributed by atoms with Crippen molar-refractivity contribution in [1.82, 2.24) is 20.0 Å². The average Bonchev–Trinajstić information content (AvgIpc) is 3.40. The number of hydrogen-bond acceptors (Lipinski definition) is 11. The third kappa shape index (κ3) is 6.74. The number of hydrogen-bond donors (Lipinski definition) is 0. The molecule has 12 nitrogen and oxygen atoms in total. The number of nitrogens with zero attached hydrogens (tertiary/aromatic N) is 4. The normalized spacial score (nSPS) is 21.8. The number of ether oxygens (including phenoxy) is 4. The predicted molar refractivity (Wildman–Crippen MR) is 134 cm³/mol. The lowest BCUT2D eigenvalue weighted by Crippen LogP contribution is -2.60. The van der Waals surface area contributed by atoms with Gasteiger partial charge in [-0.3, -0.25) is 24.2 Å². The lowest BCUT2D eigenvalue weighted by Gasteiger charge is -2.44. The Morgan fingerprint density at radius 3 is 2.19 bits per heavy atom. The minimum absolute atomic E-state index is 0.0304. The van der Waals surface area contributed by atoms with Crippen LogP contribution < -0.4 is 0 Å². The van der Waals surface area contributed by atoms with Crippen LogP contribution >= 0.6 is 11.6 Å². The number of halogens is 4. The van der Waals surface area contributed by atoms with Crippen molar-refractivity contribution in [2.75, 3.05) is 6.61 Å². The first-order valence-corrected chi connectivity index (χ1v) is 12.6. The van der Waals surface area contributed by atoms with Crippen LogP contribution in [0.1, 0.15) is 37.2 Å². The fourth-order valence-electron chi connectivity index (χ4n) is 4.40. The molecule has 3 aromatic rings. The van der Waals surface area contributed by atoms with Crippen LogP contribution in [0.3, 0.4) is 0 Å². The van der Waals surface area contributed by atoms with Crippen LogP contribution in [-0.2, 0) is 33.3 Å². The molecule has 0 amide bonds. The summed E-state index contributed by atoms with van der Waals surface area (Å²) in [5, 5.41) is 7.95. The Morgan fingerprint density at radius 1 is 0.952 bits per heavy atom. The van der Waals surface area contributed by atoms with E-state index in [4.69, 9.17) is 30.5 Å². The minimum atomic E-state index is -1.69. The topological polar surface area (TPSA) is 149 Å². The van der Waals surface area contributed by atoms with Gasteiger partial charge in [-0.05, 0) is 18.2 Å². The van der Waals surface area contributed by atoms with Gasteiger partial charge in [0.15, 0.2) is 41.5 Å². The third-order valence-corrected chi connectivity index (χ3v) is 6.26. The van der Waals surface area contributed by atoms with Crippen LogP contribution in [0.2, 0.25) is 5.02 Å². The van der Waals surface area contributed by atoms with Crippen LogP contribution in [0.5, 0.6) is 0 Å². The number of rotatable bonds is 8. The van der Waals surface area contributed by atoms with Gasteiger partial charge >= 0.3 is 17.9 Å². The van der Waals surface area contributed by atoms with Gasteiger partial charge in [-0.2, -0.15) is 0 Å². The fraction of sp³-hybridized carbons (Fsp3) is 0.346. The first kappa shape index (κ1) is 30.6. The summed E-state index contributed by atoms with van der Waals surface area (Å²) in [6.07, 6.45) is -2.26. The van der Waals surface area contributed by atoms with Crippen molar-refractivity contribution in [2.24, 2.45) is 0 Å². The second-order valence-electron chi connectivity index (χ2n) is 9.13. The molecule has 5 atom stereocenters. The molecule has 1 fully saturated rings. The van der Waals surface area contributed by atoms with Gasteiger partial charge in [-0.1, -0.05) is 16.8 Å². The molecule has 222 valence electrons. The molecule has 0 bridgehead atoms. The zero-order chi connectivity index (χ0) is 30.7. The SMILES string of the molecule is CC(=O)OCC1O[C@H](C(=O)c2cncc(Cl)c2)[C@@H](OC(C)=O)C(n2cc(-c3cc(F)c(F)c(F)c3)nn2)[C@H]1OC(C)=O. The van der Waals surface area contributed by atoms with E-state index in [2.05, 4.69) is 15.3 Å². The van der Waals surface area contributed by atoms with Crippen LogP contribution in [0.4, 0.5) is 13.2 Å². The molecule has 42 heavy (non-hydrogen) atoms. The van der Waals surface area contributed by atoms with Crippen LogP contribution in [0.25, 0.3) is 11.3 Å². The number of carbonyl (C=O) groups is 4.